The summed E-state index contributed by atoms with van der Waals surface area (Å²) in [5, 5.41) is 7.48. The van der Waals surface area contributed by atoms with Gasteiger partial charge in [-0.2, -0.15) is 0 Å². The van der Waals surface area contributed by atoms with E-state index in [0.717, 1.165) is 24.1 Å². The number of carbonyl (C=O) groups excluding carboxylic acids is 1. The van der Waals surface area contributed by atoms with Crippen molar-refractivity contribution in [2.45, 2.75) is 38.1 Å². The fourth-order valence-electron chi connectivity index (χ4n) is 3.07. The summed E-state index contributed by atoms with van der Waals surface area (Å²) in [6.45, 7) is 0. The Hall–Kier alpha value is -1.71. The minimum atomic E-state index is 0.0569. The summed E-state index contributed by atoms with van der Waals surface area (Å²) >= 11 is 12.4. The lowest BCUT2D eigenvalue weighted by atomic mass is 10.1. The summed E-state index contributed by atoms with van der Waals surface area (Å²) in [7, 11) is 0. The van der Waals surface area contributed by atoms with Crippen LogP contribution in [0.3, 0.4) is 0 Å². The lowest BCUT2D eigenvalue weighted by molar-refractivity contribution is -0.121. The third-order valence-corrected chi connectivity index (χ3v) is 4.94. The van der Waals surface area contributed by atoms with Crippen LogP contribution in [0.5, 0.6) is 0 Å². The van der Waals surface area contributed by atoms with Crippen LogP contribution in [-0.4, -0.2) is 11.9 Å². The lowest BCUT2D eigenvalue weighted by Crippen LogP contribution is -2.33. The fraction of sp³-hybridized carbons (Fsp3) is 0.316. The minimum Gasteiger partial charge on any atom is -0.353 e. The van der Waals surface area contributed by atoms with Crippen LogP contribution in [0.1, 0.15) is 31.2 Å². The molecule has 0 atom stereocenters. The molecule has 0 radical (unpaired) electrons. The zero-order chi connectivity index (χ0) is 16.9. The van der Waals surface area contributed by atoms with E-state index in [2.05, 4.69) is 10.6 Å². The van der Waals surface area contributed by atoms with Crippen molar-refractivity contribution in [1.82, 2.24) is 5.32 Å². The Morgan fingerprint density at radius 2 is 1.67 bits per heavy atom. The molecule has 0 heterocycles. The average molecular weight is 363 g/mol. The van der Waals surface area contributed by atoms with E-state index in [9.17, 15) is 4.79 Å². The van der Waals surface area contributed by atoms with Gasteiger partial charge < -0.3 is 10.6 Å². The molecule has 1 aliphatic carbocycles. The molecule has 126 valence electrons. The van der Waals surface area contributed by atoms with Crippen molar-refractivity contribution in [3.63, 3.8) is 0 Å². The number of hydrogen-bond donors (Lipinski definition) is 2. The molecule has 0 aromatic heterocycles. The topological polar surface area (TPSA) is 41.1 Å². The van der Waals surface area contributed by atoms with Gasteiger partial charge in [-0.3, -0.25) is 4.79 Å². The van der Waals surface area contributed by atoms with Gasteiger partial charge in [0, 0.05) is 11.7 Å². The standard InChI is InChI=1S/C19H20Cl2N2O/c20-15-9-5-10-16(21)19(15)23-17-11-4-1-6-13(17)12-18(24)22-14-7-2-3-8-14/h1,4-6,9-11,14,23H,2-3,7-8,12H2,(H,22,24). The monoisotopic (exact) mass is 362 g/mol. The highest BCUT2D eigenvalue weighted by Gasteiger charge is 2.18. The number of anilines is 2. The molecule has 1 fully saturated rings. The van der Waals surface area contributed by atoms with Gasteiger partial charge in [-0.25, -0.2) is 0 Å². The first-order valence-electron chi connectivity index (χ1n) is 8.22. The van der Waals surface area contributed by atoms with Crippen molar-refractivity contribution in [3.8, 4) is 0 Å². The number of nitrogens with one attached hydrogen (secondary N) is 2. The van der Waals surface area contributed by atoms with E-state index in [1.165, 1.54) is 12.8 Å². The van der Waals surface area contributed by atoms with Crippen molar-refractivity contribution in [3.05, 3.63) is 58.1 Å². The smallest absolute Gasteiger partial charge is 0.224 e. The van der Waals surface area contributed by atoms with E-state index >= 15 is 0 Å². The molecule has 2 N–H and O–H groups in total. The van der Waals surface area contributed by atoms with Crippen molar-refractivity contribution in [1.29, 1.82) is 0 Å². The summed E-state index contributed by atoms with van der Waals surface area (Å²) < 4.78 is 0. The molecule has 0 aliphatic heterocycles. The van der Waals surface area contributed by atoms with Gasteiger partial charge in [-0.15, -0.1) is 0 Å². The van der Waals surface area contributed by atoms with Crippen LogP contribution in [-0.2, 0) is 11.2 Å². The van der Waals surface area contributed by atoms with Crippen LogP contribution in [0, 0.1) is 0 Å². The highest BCUT2D eigenvalue weighted by molar-refractivity contribution is 6.39. The van der Waals surface area contributed by atoms with Crippen molar-refractivity contribution >= 4 is 40.5 Å². The zero-order valence-electron chi connectivity index (χ0n) is 13.3. The number of rotatable bonds is 5. The number of para-hydroxylation sites is 2. The van der Waals surface area contributed by atoms with Gasteiger partial charge in [0.15, 0.2) is 0 Å². The molecular formula is C19H20Cl2N2O. The van der Waals surface area contributed by atoms with Gasteiger partial charge in [0.25, 0.3) is 0 Å². The van der Waals surface area contributed by atoms with Crippen LogP contribution < -0.4 is 10.6 Å². The maximum Gasteiger partial charge on any atom is 0.224 e. The Morgan fingerprint density at radius 3 is 2.38 bits per heavy atom. The molecule has 1 aliphatic rings. The first-order valence-corrected chi connectivity index (χ1v) is 8.97. The molecule has 3 rings (SSSR count). The molecular weight excluding hydrogens is 343 g/mol. The van der Waals surface area contributed by atoms with E-state index < -0.39 is 0 Å². The van der Waals surface area contributed by atoms with Crippen molar-refractivity contribution < 1.29 is 4.79 Å². The van der Waals surface area contributed by atoms with Gasteiger partial charge in [-0.05, 0) is 36.6 Å². The summed E-state index contributed by atoms with van der Waals surface area (Å²) in [5.41, 5.74) is 2.42. The first-order chi connectivity index (χ1) is 11.6. The quantitative estimate of drug-likeness (QED) is 0.753. The Balaban J connectivity index is 1.74. The summed E-state index contributed by atoms with van der Waals surface area (Å²) in [6.07, 6.45) is 4.91. The van der Waals surface area contributed by atoms with Crippen LogP contribution in [0.15, 0.2) is 42.5 Å². The minimum absolute atomic E-state index is 0.0569. The molecule has 2 aromatic rings. The maximum atomic E-state index is 12.3. The number of amides is 1. The van der Waals surface area contributed by atoms with Crippen molar-refractivity contribution in [2.75, 3.05) is 5.32 Å². The highest BCUT2D eigenvalue weighted by Crippen LogP contribution is 2.33. The first kappa shape index (κ1) is 17.1. The Morgan fingerprint density at radius 1 is 1.00 bits per heavy atom. The molecule has 24 heavy (non-hydrogen) atoms. The lowest BCUT2D eigenvalue weighted by Gasteiger charge is -2.16. The van der Waals surface area contributed by atoms with Gasteiger partial charge >= 0.3 is 0 Å². The second kappa shape index (κ2) is 7.91. The maximum absolute atomic E-state index is 12.3. The highest BCUT2D eigenvalue weighted by atomic mass is 35.5. The van der Waals surface area contributed by atoms with E-state index in [1.54, 1.807) is 18.2 Å². The van der Waals surface area contributed by atoms with Crippen LogP contribution in [0.4, 0.5) is 11.4 Å². The van der Waals surface area contributed by atoms with Gasteiger partial charge in [-0.1, -0.05) is 60.3 Å². The summed E-state index contributed by atoms with van der Waals surface area (Å²) in [4.78, 5) is 12.3. The number of benzene rings is 2. The van der Waals surface area contributed by atoms with Crippen LogP contribution >= 0.6 is 23.2 Å². The SMILES string of the molecule is O=C(Cc1ccccc1Nc1c(Cl)cccc1Cl)NC1CCCC1. The van der Waals surface area contributed by atoms with Crippen molar-refractivity contribution in [2.24, 2.45) is 0 Å². The average Bonchev–Trinajstić information content (AvgIpc) is 3.05. The van der Waals surface area contributed by atoms with E-state index in [1.807, 2.05) is 24.3 Å². The van der Waals surface area contributed by atoms with Crippen LogP contribution in [0.25, 0.3) is 0 Å². The molecule has 0 bridgehead atoms. The third kappa shape index (κ3) is 4.22. The molecule has 1 saturated carbocycles. The van der Waals surface area contributed by atoms with Crippen LogP contribution in [0.2, 0.25) is 10.0 Å². The molecule has 3 nitrogen and oxygen atoms in total. The number of carbonyl (C=O) groups is 1. The Kier molecular flexibility index (Phi) is 5.64. The fourth-order valence-corrected chi connectivity index (χ4v) is 3.56. The van der Waals surface area contributed by atoms with E-state index in [0.29, 0.717) is 28.2 Å². The second-order valence-electron chi connectivity index (χ2n) is 6.10. The largest absolute Gasteiger partial charge is 0.353 e. The molecule has 0 unspecified atom stereocenters. The Labute approximate surface area is 152 Å². The zero-order valence-corrected chi connectivity index (χ0v) is 14.8. The molecule has 1 amide bonds. The molecule has 5 heteroatoms. The van der Waals surface area contributed by atoms with Gasteiger partial charge in [0.2, 0.25) is 5.91 Å². The molecule has 0 spiro atoms. The van der Waals surface area contributed by atoms with Gasteiger partial charge in [0.05, 0.1) is 22.2 Å². The van der Waals surface area contributed by atoms with Gasteiger partial charge in [0.1, 0.15) is 0 Å². The predicted molar refractivity (Wildman–Crippen MR) is 100 cm³/mol. The van der Waals surface area contributed by atoms with E-state index in [4.69, 9.17) is 23.2 Å². The van der Waals surface area contributed by atoms with E-state index in [-0.39, 0.29) is 5.91 Å². The predicted octanol–water partition coefficient (Wildman–Crippen LogP) is 5.34. The number of halogens is 2. The Bertz CT molecular complexity index is 707. The normalized spacial score (nSPS) is 14.6. The summed E-state index contributed by atoms with van der Waals surface area (Å²) in [6, 6.07) is 13.4. The third-order valence-electron chi connectivity index (χ3n) is 4.31. The molecule has 0 saturated heterocycles. The molecule has 2 aromatic carbocycles. The second-order valence-corrected chi connectivity index (χ2v) is 6.92. The summed E-state index contributed by atoms with van der Waals surface area (Å²) in [5.74, 6) is 0.0569. The number of hydrogen-bond acceptors (Lipinski definition) is 2.